The summed E-state index contributed by atoms with van der Waals surface area (Å²) in [6.45, 7) is 3.80. The largest absolute Gasteiger partial charge is 0.354 e. The van der Waals surface area contributed by atoms with E-state index in [1.807, 2.05) is 0 Å². The van der Waals surface area contributed by atoms with Crippen molar-refractivity contribution in [2.45, 2.75) is 11.3 Å². The highest BCUT2D eigenvalue weighted by Crippen LogP contribution is 2.13. The van der Waals surface area contributed by atoms with Gasteiger partial charge in [0.05, 0.1) is 0 Å². The molecular weight excluding hydrogens is 254 g/mol. The average molecular weight is 271 g/mol. The van der Waals surface area contributed by atoms with Crippen molar-refractivity contribution in [2.75, 3.05) is 13.6 Å². The first-order chi connectivity index (χ1) is 8.42. The molecule has 0 fully saturated rings. The standard InChI is InChI=1S/C11H17N3O3S/c1-4-5-6-13-18(16,17)9-7-10(11(15)12-2)14(3)8-9/h4,7-8,13H,1,5-6H2,2-3H3,(H,12,15). The number of hydrogen-bond donors (Lipinski definition) is 2. The van der Waals surface area contributed by atoms with Crippen LogP contribution in [-0.2, 0) is 17.1 Å². The molecule has 1 aromatic rings. The molecule has 6 nitrogen and oxygen atoms in total. The smallest absolute Gasteiger partial charge is 0.267 e. The van der Waals surface area contributed by atoms with E-state index in [2.05, 4.69) is 16.6 Å². The lowest BCUT2D eigenvalue weighted by molar-refractivity contribution is 0.0955. The number of nitrogens with one attached hydrogen (secondary N) is 2. The van der Waals surface area contributed by atoms with E-state index in [9.17, 15) is 13.2 Å². The molecule has 0 saturated carbocycles. The molecule has 0 radical (unpaired) electrons. The van der Waals surface area contributed by atoms with E-state index < -0.39 is 10.0 Å². The van der Waals surface area contributed by atoms with Gasteiger partial charge in [0, 0.05) is 26.8 Å². The summed E-state index contributed by atoms with van der Waals surface area (Å²) in [6, 6.07) is 1.34. The maximum Gasteiger partial charge on any atom is 0.267 e. The molecule has 0 unspecified atom stereocenters. The number of nitrogens with zero attached hydrogens (tertiary/aromatic N) is 1. The van der Waals surface area contributed by atoms with Crippen LogP contribution >= 0.6 is 0 Å². The van der Waals surface area contributed by atoms with Gasteiger partial charge in [0.1, 0.15) is 10.6 Å². The van der Waals surface area contributed by atoms with Gasteiger partial charge in [-0.2, -0.15) is 0 Å². The number of amides is 1. The maximum absolute atomic E-state index is 11.9. The molecule has 100 valence electrons. The second kappa shape index (κ2) is 5.83. The van der Waals surface area contributed by atoms with Gasteiger partial charge in [-0.3, -0.25) is 4.79 Å². The number of aromatic nitrogens is 1. The quantitative estimate of drug-likeness (QED) is 0.574. The number of carbonyl (C=O) groups is 1. The first kappa shape index (κ1) is 14.5. The predicted octanol–water partition coefficient (Wildman–Crippen LogP) is 0.239. The van der Waals surface area contributed by atoms with E-state index in [4.69, 9.17) is 0 Å². The van der Waals surface area contributed by atoms with Gasteiger partial charge in [0.25, 0.3) is 5.91 Å². The first-order valence-corrected chi connectivity index (χ1v) is 6.89. The van der Waals surface area contributed by atoms with Crippen LogP contribution < -0.4 is 10.0 Å². The van der Waals surface area contributed by atoms with Gasteiger partial charge in [-0.1, -0.05) is 6.08 Å². The van der Waals surface area contributed by atoms with Crippen LogP contribution in [0.15, 0.2) is 29.8 Å². The number of aryl methyl sites for hydroxylation is 1. The van der Waals surface area contributed by atoms with Crippen LogP contribution in [-0.4, -0.2) is 32.5 Å². The van der Waals surface area contributed by atoms with Crippen molar-refractivity contribution in [3.05, 3.63) is 30.6 Å². The second-order valence-corrected chi connectivity index (χ2v) is 5.49. The Bertz CT molecular complexity index is 546. The third-order valence-electron chi connectivity index (χ3n) is 2.39. The SMILES string of the molecule is C=CCCNS(=O)(=O)c1cc(C(=O)NC)n(C)c1. The summed E-state index contributed by atoms with van der Waals surface area (Å²) in [5.41, 5.74) is 0.293. The topological polar surface area (TPSA) is 80.2 Å². The molecule has 0 saturated heterocycles. The third-order valence-corrected chi connectivity index (χ3v) is 3.82. The van der Waals surface area contributed by atoms with E-state index in [0.29, 0.717) is 12.1 Å². The Morgan fingerprint density at radius 1 is 1.56 bits per heavy atom. The molecule has 7 heteroatoms. The average Bonchev–Trinajstić information content (AvgIpc) is 2.71. The lowest BCUT2D eigenvalue weighted by atomic mass is 10.4. The van der Waals surface area contributed by atoms with Crippen LogP contribution in [0.25, 0.3) is 0 Å². The van der Waals surface area contributed by atoms with Crippen LogP contribution in [0.5, 0.6) is 0 Å². The van der Waals surface area contributed by atoms with Crippen LogP contribution in [0, 0.1) is 0 Å². The highest BCUT2D eigenvalue weighted by molar-refractivity contribution is 7.89. The molecule has 0 aromatic carbocycles. The molecule has 0 atom stereocenters. The maximum atomic E-state index is 11.9. The van der Waals surface area contributed by atoms with Gasteiger partial charge in [0.15, 0.2) is 0 Å². The Hall–Kier alpha value is -1.60. The molecule has 0 bridgehead atoms. The molecule has 1 aromatic heterocycles. The third kappa shape index (κ3) is 3.21. The zero-order chi connectivity index (χ0) is 13.8. The Morgan fingerprint density at radius 2 is 2.22 bits per heavy atom. The van der Waals surface area contributed by atoms with Crippen molar-refractivity contribution in [3.63, 3.8) is 0 Å². The summed E-state index contributed by atoms with van der Waals surface area (Å²) in [5, 5.41) is 2.45. The van der Waals surface area contributed by atoms with E-state index in [-0.39, 0.29) is 17.3 Å². The summed E-state index contributed by atoms with van der Waals surface area (Å²) in [6.07, 6.45) is 3.58. The lowest BCUT2D eigenvalue weighted by Crippen LogP contribution is -2.24. The highest BCUT2D eigenvalue weighted by Gasteiger charge is 2.19. The molecule has 1 amide bonds. The van der Waals surface area contributed by atoms with Crippen molar-refractivity contribution in [3.8, 4) is 0 Å². The Morgan fingerprint density at radius 3 is 2.78 bits per heavy atom. The van der Waals surface area contributed by atoms with Crippen molar-refractivity contribution in [2.24, 2.45) is 7.05 Å². The van der Waals surface area contributed by atoms with Gasteiger partial charge < -0.3 is 9.88 Å². The molecule has 2 N–H and O–H groups in total. The zero-order valence-electron chi connectivity index (χ0n) is 10.4. The van der Waals surface area contributed by atoms with Crippen molar-refractivity contribution < 1.29 is 13.2 Å². The van der Waals surface area contributed by atoms with Crippen molar-refractivity contribution in [1.29, 1.82) is 0 Å². The summed E-state index contributed by atoms with van der Waals surface area (Å²) in [5.74, 6) is -0.329. The fourth-order valence-electron chi connectivity index (χ4n) is 1.41. The summed E-state index contributed by atoms with van der Waals surface area (Å²) in [7, 11) is -0.464. The number of hydrogen-bond acceptors (Lipinski definition) is 3. The molecule has 0 spiro atoms. The van der Waals surface area contributed by atoms with E-state index in [1.165, 1.54) is 23.9 Å². The van der Waals surface area contributed by atoms with Crippen LogP contribution in [0.3, 0.4) is 0 Å². The Kier molecular flexibility index (Phi) is 4.69. The molecule has 18 heavy (non-hydrogen) atoms. The molecular formula is C11H17N3O3S. The summed E-state index contributed by atoms with van der Waals surface area (Å²) >= 11 is 0. The second-order valence-electron chi connectivity index (χ2n) is 3.73. The first-order valence-electron chi connectivity index (χ1n) is 5.41. The predicted molar refractivity (Wildman–Crippen MR) is 68.8 cm³/mol. The van der Waals surface area contributed by atoms with E-state index in [0.717, 1.165) is 0 Å². The highest BCUT2D eigenvalue weighted by atomic mass is 32.2. The van der Waals surface area contributed by atoms with Crippen molar-refractivity contribution in [1.82, 2.24) is 14.6 Å². The van der Waals surface area contributed by atoms with E-state index >= 15 is 0 Å². The fourth-order valence-corrected chi connectivity index (χ4v) is 2.53. The van der Waals surface area contributed by atoms with Gasteiger partial charge in [0.2, 0.25) is 10.0 Å². The van der Waals surface area contributed by atoms with Crippen molar-refractivity contribution >= 4 is 15.9 Å². The van der Waals surface area contributed by atoms with Gasteiger partial charge in [-0.05, 0) is 12.5 Å². The monoisotopic (exact) mass is 271 g/mol. The number of rotatable bonds is 6. The van der Waals surface area contributed by atoms with Crippen LogP contribution in [0.4, 0.5) is 0 Å². The van der Waals surface area contributed by atoms with E-state index in [1.54, 1.807) is 13.1 Å². The molecule has 1 heterocycles. The lowest BCUT2D eigenvalue weighted by Gasteiger charge is -2.02. The minimum Gasteiger partial charge on any atom is -0.354 e. The minimum atomic E-state index is -3.57. The van der Waals surface area contributed by atoms with Crippen LogP contribution in [0.2, 0.25) is 0 Å². The zero-order valence-corrected chi connectivity index (χ0v) is 11.3. The Balaban J connectivity index is 2.96. The molecule has 1 rings (SSSR count). The number of sulfonamides is 1. The summed E-state index contributed by atoms with van der Waals surface area (Å²) < 4.78 is 27.7. The normalized spacial score (nSPS) is 11.2. The summed E-state index contributed by atoms with van der Waals surface area (Å²) in [4.78, 5) is 11.6. The van der Waals surface area contributed by atoms with Gasteiger partial charge in [-0.25, -0.2) is 13.1 Å². The van der Waals surface area contributed by atoms with Gasteiger partial charge in [-0.15, -0.1) is 6.58 Å². The fraction of sp³-hybridized carbons (Fsp3) is 0.364. The minimum absolute atomic E-state index is 0.0765. The van der Waals surface area contributed by atoms with Crippen LogP contribution in [0.1, 0.15) is 16.9 Å². The Labute approximate surface area is 107 Å². The molecule has 0 aliphatic rings. The molecule has 0 aliphatic heterocycles. The number of carbonyl (C=O) groups excluding carboxylic acids is 1. The van der Waals surface area contributed by atoms with Gasteiger partial charge >= 0.3 is 0 Å². The molecule has 0 aliphatic carbocycles.